The summed E-state index contributed by atoms with van der Waals surface area (Å²) in [6.07, 6.45) is 8.81. The zero-order chi connectivity index (χ0) is 16.2. The Morgan fingerprint density at radius 1 is 1.22 bits per heavy atom. The lowest BCUT2D eigenvalue weighted by Gasteiger charge is -2.60. The van der Waals surface area contributed by atoms with Crippen LogP contribution in [0.2, 0.25) is 0 Å². The summed E-state index contributed by atoms with van der Waals surface area (Å²) < 4.78 is 0. The van der Waals surface area contributed by atoms with Gasteiger partial charge in [0.15, 0.2) is 0 Å². The molecule has 5 heteroatoms. The van der Waals surface area contributed by atoms with Gasteiger partial charge in [-0.2, -0.15) is 0 Å². The van der Waals surface area contributed by atoms with E-state index in [4.69, 9.17) is 11.6 Å². The van der Waals surface area contributed by atoms with Gasteiger partial charge < -0.3 is 15.3 Å². The Hall–Kier alpha value is -0.480. The number of urea groups is 1. The second-order valence-corrected chi connectivity index (χ2v) is 9.94. The Bertz CT molecular complexity index is 477. The fraction of sp³-hybridized carbons (Fsp3) is 0.944. The van der Waals surface area contributed by atoms with Crippen LogP contribution in [-0.2, 0) is 0 Å². The number of nitrogens with one attached hydrogen (secondary N) is 1. The van der Waals surface area contributed by atoms with Gasteiger partial charge in [-0.25, -0.2) is 4.79 Å². The van der Waals surface area contributed by atoms with Crippen LogP contribution in [0.5, 0.6) is 0 Å². The van der Waals surface area contributed by atoms with E-state index in [-0.39, 0.29) is 22.4 Å². The SMILES string of the molecule is CN(CC1CC(O)C1)C(=O)NCC12C[C@H]3C[C@@H](CC(Cl)(C3)C1)C2. The van der Waals surface area contributed by atoms with Gasteiger partial charge in [-0.1, -0.05) is 0 Å². The van der Waals surface area contributed by atoms with E-state index in [2.05, 4.69) is 5.32 Å². The Morgan fingerprint density at radius 2 is 1.87 bits per heavy atom. The maximum atomic E-state index is 12.4. The van der Waals surface area contributed by atoms with Crippen molar-refractivity contribution in [1.29, 1.82) is 0 Å². The molecule has 23 heavy (non-hydrogen) atoms. The first kappa shape index (κ1) is 16.0. The summed E-state index contributed by atoms with van der Waals surface area (Å²) in [6, 6.07) is 0.0331. The van der Waals surface area contributed by atoms with Gasteiger partial charge in [0, 0.05) is 25.0 Å². The Balaban J connectivity index is 1.31. The molecule has 2 N–H and O–H groups in total. The molecule has 0 aromatic rings. The number of rotatable bonds is 4. The van der Waals surface area contributed by atoms with Crippen LogP contribution in [0.15, 0.2) is 0 Å². The lowest BCUT2D eigenvalue weighted by Crippen LogP contribution is -2.57. The van der Waals surface area contributed by atoms with Gasteiger partial charge in [-0.15, -0.1) is 11.6 Å². The number of hydrogen-bond donors (Lipinski definition) is 2. The molecule has 0 aliphatic heterocycles. The number of nitrogens with zero attached hydrogens (tertiary/aromatic N) is 1. The first-order chi connectivity index (χ1) is 10.8. The van der Waals surface area contributed by atoms with E-state index in [1.807, 2.05) is 7.05 Å². The van der Waals surface area contributed by atoms with E-state index in [0.717, 1.165) is 44.2 Å². The largest absolute Gasteiger partial charge is 0.393 e. The number of aliphatic hydroxyl groups excluding tert-OH is 1. The topological polar surface area (TPSA) is 52.6 Å². The van der Waals surface area contributed by atoms with Crippen LogP contribution >= 0.6 is 11.6 Å². The molecule has 0 heterocycles. The molecule has 2 atom stereocenters. The van der Waals surface area contributed by atoms with E-state index < -0.39 is 0 Å². The molecule has 2 amide bonds. The van der Waals surface area contributed by atoms with E-state index in [1.165, 1.54) is 32.1 Å². The normalized spacial score (nSPS) is 47.3. The summed E-state index contributed by atoms with van der Waals surface area (Å²) in [5.74, 6) is 2.02. The predicted octanol–water partition coefficient (Wildman–Crippen LogP) is 2.98. The lowest BCUT2D eigenvalue weighted by molar-refractivity contribution is -0.0378. The molecule has 5 saturated carbocycles. The van der Waals surface area contributed by atoms with E-state index in [9.17, 15) is 9.90 Å². The smallest absolute Gasteiger partial charge is 0.317 e. The van der Waals surface area contributed by atoms with Crippen molar-refractivity contribution in [3.63, 3.8) is 0 Å². The van der Waals surface area contributed by atoms with Crippen molar-refractivity contribution in [2.75, 3.05) is 20.1 Å². The second kappa shape index (κ2) is 5.52. The maximum Gasteiger partial charge on any atom is 0.317 e. The van der Waals surface area contributed by atoms with Gasteiger partial charge in [-0.05, 0) is 74.5 Å². The zero-order valence-corrected chi connectivity index (χ0v) is 14.8. The minimum atomic E-state index is -0.150. The predicted molar refractivity (Wildman–Crippen MR) is 90.5 cm³/mol. The van der Waals surface area contributed by atoms with Crippen LogP contribution in [-0.4, -0.2) is 47.2 Å². The molecule has 0 saturated heterocycles. The summed E-state index contributed by atoms with van der Waals surface area (Å²) in [6.45, 7) is 1.53. The molecular formula is C18H29ClN2O2. The average Bonchev–Trinajstić information content (AvgIpc) is 2.40. The highest BCUT2D eigenvalue weighted by atomic mass is 35.5. The van der Waals surface area contributed by atoms with Gasteiger partial charge in [0.1, 0.15) is 0 Å². The lowest BCUT2D eigenvalue weighted by atomic mass is 9.49. The standard InChI is InChI=1S/C18H29ClN2O2/c1-21(9-12-3-15(22)4-12)16(23)20-11-17-5-13-2-14(6-17)8-18(19,7-13)10-17/h12-15,22H,2-11H2,1H3,(H,20,23)/t12?,13-,14-,15?,17?,18?/m1/s1. The molecule has 0 radical (unpaired) electrons. The zero-order valence-electron chi connectivity index (χ0n) is 14.1. The van der Waals surface area contributed by atoms with Crippen molar-refractivity contribution >= 4 is 17.6 Å². The van der Waals surface area contributed by atoms with E-state index in [1.54, 1.807) is 4.90 Å². The third kappa shape index (κ3) is 3.09. The summed E-state index contributed by atoms with van der Waals surface area (Å²) >= 11 is 6.86. The van der Waals surface area contributed by atoms with Gasteiger partial charge in [-0.3, -0.25) is 0 Å². The van der Waals surface area contributed by atoms with Gasteiger partial charge in [0.25, 0.3) is 0 Å². The molecule has 5 aliphatic rings. The highest BCUT2D eigenvalue weighted by Crippen LogP contribution is 2.63. The Kier molecular flexibility index (Phi) is 3.84. The molecule has 5 aliphatic carbocycles. The average molecular weight is 341 g/mol. The first-order valence-electron chi connectivity index (χ1n) is 9.21. The fourth-order valence-corrected chi connectivity index (χ4v) is 6.98. The molecular weight excluding hydrogens is 312 g/mol. The highest BCUT2D eigenvalue weighted by Gasteiger charge is 2.57. The molecule has 0 aromatic carbocycles. The van der Waals surface area contributed by atoms with Crippen LogP contribution in [0, 0.1) is 23.2 Å². The van der Waals surface area contributed by atoms with Crippen molar-refractivity contribution < 1.29 is 9.90 Å². The van der Waals surface area contributed by atoms with Crippen LogP contribution < -0.4 is 5.32 Å². The molecule has 0 unspecified atom stereocenters. The Morgan fingerprint density at radius 3 is 2.43 bits per heavy atom. The van der Waals surface area contributed by atoms with Crippen LogP contribution in [0.25, 0.3) is 0 Å². The number of carbonyl (C=O) groups is 1. The summed E-state index contributed by atoms with van der Waals surface area (Å²) in [7, 11) is 1.86. The van der Waals surface area contributed by atoms with Crippen molar-refractivity contribution in [2.24, 2.45) is 23.2 Å². The third-order valence-electron chi connectivity index (χ3n) is 6.82. The quantitative estimate of drug-likeness (QED) is 0.773. The molecule has 130 valence electrons. The third-order valence-corrected chi connectivity index (χ3v) is 7.26. The van der Waals surface area contributed by atoms with E-state index in [0.29, 0.717) is 5.92 Å². The molecule has 5 fully saturated rings. The van der Waals surface area contributed by atoms with Crippen molar-refractivity contribution in [3.8, 4) is 0 Å². The van der Waals surface area contributed by atoms with Crippen LogP contribution in [0.4, 0.5) is 4.79 Å². The highest BCUT2D eigenvalue weighted by molar-refractivity contribution is 6.24. The number of hydrogen-bond acceptors (Lipinski definition) is 2. The minimum Gasteiger partial charge on any atom is -0.393 e. The monoisotopic (exact) mass is 340 g/mol. The van der Waals surface area contributed by atoms with Crippen molar-refractivity contribution in [3.05, 3.63) is 0 Å². The fourth-order valence-electron chi connectivity index (χ4n) is 6.26. The van der Waals surface area contributed by atoms with Gasteiger partial charge >= 0.3 is 6.03 Å². The van der Waals surface area contributed by atoms with Crippen molar-refractivity contribution in [2.45, 2.75) is 62.3 Å². The van der Waals surface area contributed by atoms with Crippen molar-refractivity contribution in [1.82, 2.24) is 10.2 Å². The summed E-state index contributed by atoms with van der Waals surface area (Å²) in [5, 5.41) is 12.5. The van der Waals surface area contributed by atoms with Crippen LogP contribution in [0.3, 0.4) is 0 Å². The number of carbonyl (C=O) groups excluding carboxylic acids is 1. The van der Waals surface area contributed by atoms with Gasteiger partial charge in [0.2, 0.25) is 0 Å². The Labute approximate surface area is 143 Å². The molecule has 0 aromatic heterocycles. The molecule has 5 rings (SSSR count). The number of aliphatic hydroxyl groups is 1. The number of amides is 2. The number of halogens is 1. The van der Waals surface area contributed by atoms with Crippen LogP contribution in [0.1, 0.15) is 51.4 Å². The molecule has 4 bridgehead atoms. The minimum absolute atomic E-state index is 0.0166. The maximum absolute atomic E-state index is 12.4. The number of alkyl halides is 1. The summed E-state index contributed by atoms with van der Waals surface area (Å²) in [4.78, 5) is 14.2. The summed E-state index contributed by atoms with van der Waals surface area (Å²) in [5.41, 5.74) is 0.245. The second-order valence-electron chi connectivity index (χ2n) is 9.14. The molecule has 4 nitrogen and oxygen atoms in total. The van der Waals surface area contributed by atoms with E-state index >= 15 is 0 Å². The first-order valence-corrected chi connectivity index (χ1v) is 9.59. The molecule has 0 spiro atoms. The van der Waals surface area contributed by atoms with Gasteiger partial charge in [0.05, 0.1) is 6.10 Å².